The third-order valence-electron chi connectivity index (χ3n) is 2.19. The quantitative estimate of drug-likeness (QED) is 0.754. The van der Waals surface area contributed by atoms with Gasteiger partial charge in [0.2, 0.25) is 6.79 Å². The lowest BCUT2D eigenvalue weighted by Crippen LogP contribution is -2.10. The molecule has 14 heavy (non-hydrogen) atoms. The predicted molar refractivity (Wildman–Crippen MR) is 50.0 cm³/mol. The van der Waals surface area contributed by atoms with E-state index in [9.17, 15) is 0 Å². The minimum Gasteiger partial charge on any atom is -0.454 e. The maximum atomic E-state index is 8.83. The highest BCUT2D eigenvalue weighted by Crippen LogP contribution is 2.34. The third-order valence-corrected chi connectivity index (χ3v) is 2.19. The van der Waals surface area contributed by atoms with E-state index in [1.165, 1.54) is 0 Å². The number of fused-ring (bicyclic) bond motifs is 1. The van der Waals surface area contributed by atoms with Gasteiger partial charge in [-0.15, -0.1) is 0 Å². The molecule has 72 valence electrons. The molecule has 2 N–H and O–H groups in total. The third kappa shape index (κ3) is 1.38. The van der Waals surface area contributed by atoms with Gasteiger partial charge in [0.05, 0.1) is 12.0 Å². The van der Waals surface area contributed by atoms with E-state index in [4.69, 9.17) is 20.5 Å². The summed E-state index contributed by atoms with van der Waals surface area (Å²) in [6, 6.07) is 7.59. The molecule has 4 heteroatoms. The molecule has 0 saturated heterocycles. The van der Waals surface area contributed by atoms with Gasteiger partial charge in [-0.25, -0.2) is 0 Å². The van der Waals surface area contributed by atoms with Gasteiger partial charge in [0.1, 0.15) is 0 Å². The zero-order chi connectivity index (χ0) is 9.97. The molecule has 1 aromatic rings. The molecule has 4 nitrogen and oxygen atoms in total. The van der Waals surface area contributed by atoms with Crippen molar-refractivity contribution in [1.82, 2.24) is 0 Å². The van der Waals surface area contributed by atoms with Crippen molar-refractivity contribution in [3.8, 4) is 17.6 Å². The van der Waals surface area contributed by atoms with Crippen LogP contribution in [0.4, 0.5) is 0 Å². The summed E-state index contributed by atoms with van der Waals surface area (Å²) in [4.78, 5) is 0. The van der Waals surface area contributed by atoms with Crippen LogP contribution in [-0.2, 0) is 0 Å². The topological polar surface area (TPSA) is 68.3 Å². The number of benzene rings is 1. The SMILES string of the molecule is N#CC(CN)c1ccc2c(c1)OCO2. The van der Waals surface area contributed by atoms with E-state index in [0.717, 1.165) is 11.3 Å². The Morgan fingerprint density at radius 1 is 1.43 bits per heavy atom. The first kappa shape index (κ1) is 8.85. The van der Waals surface area contributed by atoms with Crippen LogP contribution in [0.5, 0.6) is 11.5 Å². The summed E-state index contributed by atoms with van der Waals surface area (Å²) in [5.41, 5.74) is 6.34. The Kier molecular flexibility index (Phi) is 2.25. The summed E-state index contributed by atoms with van der Waals surface area (Å²) in [6.07, 6.45) is 0. The fourth-order valence-electron chi connectivity index (χ4n) is 1.39. The molecule has 0 spiro atoms. The lowest BCUT2D eigenvalue weighted by Gasteiger charge is -2.06. The van der Waals surface area contributed by atoms with E-state index in [2.05, 4.69) is 6.07 Å². The molecule has 1 heterocycles. The van der Waals surface area contributed by atoms with E-state index in [0.29, 0.717) is 12.3 Å². The Bertz CT molecular complexity index is 384. The molecule has 0 saturated carbocycles. The van der Waals surface area contributed by atoms with Gasteiger partial charge in [0, 0.05) is 6.54 Å². The number of hydrogen-bond donors (Lipinski definition) is 1. The van der Waals surface area contributed by atoms with Crippen LogP contribution in [0, 0.1) is 11.3 Å². The van der Waals surface area contributed by atoms with Gasteiger partial charge in [0.15, 0.2) is 11.5 Å². The van der Waals surface area contributed by atoms with Crippen LogP contribution in [0.2, 0.25) is 0 Å². The first-order valence-corrected chi connectivity index (χ1v) is 4.34. The number of nitrogens with zero attached hydrogens (tertiary/aromatic N) is 1. The summed E-state index contributed by atoms with van der Waals surface area (Å²) in [7, 11) is 0. The van der Waals surface area contributed by atoms with Crippen molar-refractivity contribution in [2.24, 2.45) is 5.73 Å². The van der Waals surface area contributed by atoms with Gasteiger partial charge >= 0.3 is 0 Å². The molecule has 0 amide bonds. The summed E-state index contributed by atoms with van der Waals surface area (Å²) < 4.78 is 10.4. The minimum absolute atomic E-state index is 0.249. The largest absolute Gasteiger partial charge is 0.454 e. The van der Waals surface area contributed by atoms with Crippen LogP contribution >= 0.6 is 0 Å². The summed E-state index contributed by atoms with van der Waals surface area (Å²) in [5, 5.41) is 8.83. The molecule has 1 atom stereocenters. The highest BCUT2D eigenvalue weighted by atomic mass is 16.7. The maximum absolute atomic E-state index is 8.83. The second-order valence-corrected chi connectivity index (χ2v) is 3.03. The Labute approximate surface area is 81.8 Å². The van der Waals surface area contributed by atoms with Crippen LogP contribution in [0.1, 0.15) is 11.5 Å². The number of hydrogen-bond acceptors (Lipinski definition) is 4. The first-order valence-electron chi connectivity index (χ1n) is 4.34. The van der Waals surface area contributed by atoms with Crippen molar-refractivity contribution in [1.29, 1.82) is 5.26 Å². The van der Waals surface area contributed by atoms with Crippen LogP contribution in [-0.4, -0.2) is 13.3 Å². The van der Waals surface area contributed by atoms with Crippen LogP contribution in [0.3, 0.4) is 0 Å². The number of rotatable bonds is 2. The van der Waals surface area contributed by atoms with Crippen LogP contribution in [0.15, 0.2) is 18.2 Å². The Morgan fingerprint density at radius 2 is 2.21 bits per heavy atom. The van der Waals surface area contributed by atoms with Crippen molar-refractivity contribution >= 4 is 0 Å². The molecule has 0 bridgehead atoms. The van der Waals surface area contributed by atoms with E-state index >= 15 is 0 Å². The fraction of sp³-hybridized carbons (Fsp3) is 0.300. The minimum atomic E-state index is -0.274. The van der Waals surface area contributed by atoms with Crippen molar-refractivity contribution in [2.75, 3.05) is 13.3 Å². The molecule has 0 aliphatic carbocycles. The molecule has 1 aliphatic rings. The summed E-state index contributed by atoms with van der Waals surface area (Å²) >= 11 is 0. The van der Waals surface area contributed by atoms with Crippen LogP contribution in [0.25, 0.3) is 0 Å². The van der Waals surface area contributed by atoms with Crippen molar-refractivity contribution < 1.29 is 9.47 Å². The number of ether oxygens (including phenoxy) is 2. The average molecular weight is 190 g/mol. The van der Waals surface area contributed by atoms with Crippen LogP contribution < -0.4 is 15.2 Å². The first-order chi connectivity index (χ1) is 6.85. The zero-order valence-electron chi connectivity index (χ0n) is 7.56. The molecule has 1 aliphatic heterocycles. The lowest BCUT2D eigenvalue weighted by atomic mass is 10.0. The van der Waals surface area contributed by atoms with Crippen molar-refractivity contribution in [2.45, 2.75) is 5.92 Å². The molecular weight excluding hydrogens is 180 g/mol. The molecule has 0 radical (unpaired) electrons. The van der Waals surface area contributed by atoms with Gasteiger partial charge in [-0.1, -0.05) is 6.07 Å². The van der Waals surface area contributed by atoms with E-state index in [-0.39, 0.29) is 12.7 Å². The second-order valence-electron chi connectivity index (χ2n) is 3.03. The van der Waals surface area contributed by atoms with Gasteiger partial charge in [-0.3, -0.25) is 0 Å². The molecule has 1 unspecified atom stereocenters. The molecular formula is C10H10N2O2. The normalized spacial score (nSPS) is 14.9. The summed E-state index contributed by atoms with van der Waals surface area (Å²) in [5.74, 6) is 1.14. The molecule has 0 fully saturated rings. The molecule has 2 rings (SSSR count). The Hall–Kier alpha value is -1.73. The highest BCUT2D eigenvalue weighted by molar-refractivity contribution is 5.46. The standard InChI is InChI=1S/C10H10N2O2/c11-4-8(5-12)7-1-2-9-10(3-7)14-6-13-9/h1-3,8H,4,6,11H2. The van der Waals surface area contributed by atoms with Crippen molar-refractivity contribution in [3.05, 3.63) is 23.8 Å². The molecule has 1 aromatic carbocycles. The number of nitriles is 1. The lowest BCUT2D eigenvalue weighted by molar-refractivity contribution is 0.174. The fourth-order valence-corrected chi connectivity index (χ4v) is 1.39. The van der Waals surface area contributed by atoms with E-state index in [1.54, 1.807) is 6.07 Å². The van der Waals surface area contributed by atoms with Gasteiger partial charge in [-0.05, 0) is 17.7 Å². The zero-order valence-corrected chi connectivity index (χ0v) is 7.56. The maximum Gasteiger partial charge on any atom is 0.231 e. The van der Waals surface area contributed by atoms with E-state index in [1.807, 2.05) is 12.1 Å². The van der Waals surface area contributed by atoms with Gasteiger partial charge in [-0.2, -0.15) is 5.26 Å². The Morgan fingerprint density at radius 3 is 2.93 bits per heavy atom. The van der Waals surface area contributed by atoms with Gasteiger partial charge < -0.3 is 15.2 Å². The summed E-state index contributed by atoms with van der Waals surface area (Å²) in [6.45, 7) is 0.564. The number of nitrogens with two attached hydrogens (primary N) is 1. The average Bonchev–Trinajstić information content (AvgIpc) is 2.66. The van der Waals surface area contributed by atoms with Gasteiger partial charge in [0.25, 0.3) is 0 Å². The van der Waals surface area contributed by atoms with E-state index < -0.39 is 0 Å². The predicted octanol–water partition coefficient (Wildman–Crippen LogP) is 0.981. The molecule has 0 aromatic heterocycles. The second kappa shape index (κ2) is 3.56. The monoisotopic (exact) mass is 190 g/mol. The highest BCUT2D eigenvalue weighted by Gasteiger charge is 2.16. The smallest absolute Gasteiger partial charge is 0.231 e. The Balaban J connectivity index is 2.33. The van der Waals surface area contributed by atoms with Crippen molar-refractivity contribution in [3.63, 3.8) is 0 Å².